The van der Waals surface area contributed by atoms with E-state index in [0.29, 0.717) is 22.3 Å². The molecule has 9 heteroatoms. The number of thiazole rings is 1. The van der Waals surface area contributed by atoms with E-state index in [9.17, 15) is 9.90 Å². The highest BCUT2D eigenvalue weighted by molar-refractivity contribution is 7.22. The summed E-state index contributed by atoms with van der Waals surface area (Å²) in [7, 11) is 3.10. The third-order valence-electron chi connectivity index (χ3n) is 6.01. The van der Waals surface area contributed by atoms with Crippen molar-refractivity contribution in [1.29, 1.82) is 0 Å². The van der Waals surface area contributed by atoms with Crippen molar-refractivity contribution in [2.75, 3.05) is 14.2 Å². The van der Waals surface area contributed by atoms with Gasteiger partial charge in [0.25, 0.3) is 5.88 Å². The van der Waals surface area contributed by atoms with E-state index < -0.39 is 5.97 Å². The fourth-order valence-electron chi connectivity index (χ4n) is 4.25. The maximum absolute atomic E-state index is 11.7. The molecule has 0 spiro atoms. The van der Waals surface area contributed by atoms with Crippen molar-refractivity contribution in [1.82, 2.24) is 15.0 Å². The Bertz CT molecular complexity index is 1630. The van der Waals surface area contributed by atoms with Gasteiger partial charge in [-0.05, 0) is 60.0 Å². The average molecular weight is 532 g/mol. The summed E-state index contributed by atoms with van der Waals surface area (Å²) in [6.07, 6.45) is 3.33. The molecule has 3 aromatic heterocycles. The predicted molar refractivity (Wildman–Crippen MR) is 146 cm³/mol. The Hall–Kier alpha value is -4.01. The zero-order valence-electron chi connectivity index (χ0n) is 20.3. The van der Waals surface area contributed by atoms with Crippen LogP contribution in [0.2, 0.25) is 5.02 Å². The maximum Gasteiger partial charge on any atom is 0.307 e. The molecular weight excluding hydrogens is 510 g/mol. The first kappa shape index (κ1) is 24.7. The van der Waals surface area contributed by atoms with E-state index in [1.165, 1.54) is 11.3 Å². The normalized spacial score (nSPS) is 11.0. The van der Waals surface area contributed by atoms with Crippen LogP contribution in [0, 0.1) is 6.92 Å². The number of fused-ring (bicyclic) bond motifs is 1. The molecule has 5 rings (SSSR count). The van der Waals surface area contributed by atoms with E-state index in [1.807, 2.05) is 55.5 Å². The Morgan fingerprint density at radius 1 is 1.00 bits per heavy atom. The first-order chi connectivity index (χ1) is 17.9. The van der Waals surface area contributed by atoms with Crippen LogP contribution in [-0.2, 0) is 11.2 Å². The first-order valence-corrected chi connectivity index (χ1v) is 12.5. The van der Waals surface area contributed by atoms with Gasteiger partial charge in [-0.1, -0.05) is 23.7 Å². The van der Waals surface area contributed by atoms with Gasteiger partial charge in [-0.15, -0.1) is 11.3 Å². The third-order valence-corrected chi connectivity index (χ3v) is 7.40. The third kappa shape index (κ3) is 4.85. The van der Waals surface area contributed by atoms with Gasteiger partial charge in [0.2, 0.25) is 0 Å². The number of aliphatic carboxylic acids is 1. The Morgan fingerprint density at radius 2 is 1.78 bits per heavy atom. The van der Waals surface area contributed by atoms with Gasteiger partial charge >= 0.3 is 5.97 Å². The van der Waals surface area contributed by atoms with E-state index in [1.54, 1.807) is 26.6 Å². The zero-order chi connectivity index (χ0) is 26.1. The van der Waals surface area contributed by atoms with Crippen molar-refractivity contribution in [3.8, 4) is 44.6 Å². The fraction of sp³-hybridized carbons (Fsp3) is 0.143. The highest BCUT2D eigenvalue weighted by atomic mass is 35.5. The van der Waals surface area contributed by atoms with Crippen LogP contribution >= 0.6 is 22.9 Å². The topological polar surface area (TPSA) is 94.4 Å². The molecule has 0 bridgehead atoms. The van der Waals surface area contributed by atoms with Gasteiger partial charge in [0.15, 0.2) is 5.75 Å². The summed E-state index contributed by atoms with van der Waals surface area (Å²) in [6, 6.07) is 15.1. The van der Waals surface area contributed by atoms with Crippen molar-refractivity contribution in [3.63, 3.8) is 0 Å². The standard InChI is InChI=1S/C28H22ClN3O4S/c1-15-10-22-26(25(20(15)13-24(33)34)16-4-6-19(29)7-5-16)37-28(32-22)17-8-9-30-21(11-17)18-12-23(35-2)27(36-3)31-14-18/h4-12,14H,13H2,1-3H3,(H,33,34). The minimum atomic E-state index is -0.885. The maximum atomic E-state index is 11.7. The molecule has 37 heavy (non-hydrogen) atoms. The van der Waals surface area contributed by atoms with Crippen molar-refractivity contribution in [2.24, 2.45) is 0 Å². The number of pyridine rings is 2. The van der Waals surface area contributed by atoms with E-state index in [4.69, 9.17) is 26.1 Å². The van der Waals surface area contributed by atoms with E-state index >= 15 is 0 Å². The molecule has 1 N–H and O–H groups in total. The van der Waals surface area contributed by atoms with Crippen molar-refractivity contribution >= 4 is 39.1 Å². The lowest BCUT2D eigenvalue weighted by atomic mass is 9.93. The summed E-state index contributed by atoms with van der Waals surface area (Å²) in [5.41, 5.74) is 6.61. The van der Waals surface area contributed by atoms with Crippen LogP contribution in [0.25, 0.3) is 43.2 Å². The second-order valence-corrected chi connectivity index (χ2v) is 9.79. The summed E-state index contributed by atoms with van der Waals surface area (Å²) < 4.78 is 11.6. The zero-order valence-corrected chi connectivity index (χ0v) is 21.9. The van der Waals surface area contributed by atoms with Gasteiger partial charge in [0.1, 0.15) is 5.01 Å². The predicted octanol–water partition coefficient (Wildman–Crippen LogP) is 6.69. The van der Waals surface area contributed by atoms with E-state index in [0.717, 1.165) is 48.6 Å². The molecule has 0 fully saturated rings. The number of aryl methyl sites for hydroxylation is 1. The molecule has 0 radical (unpaired) electrons. The Labute approximate surface area is 222 Å². The molecule has 0 aliphatic heterocycles. The summed E-state index contributed by atoms with van der Waals surface area (Å²) in [5, 5.41) is 11.0. The highest BCUT2D eigenvalue weighted by Crippen LogP contribution is 2.41. The van der Waals surface area contributed by atoms with Crippen molar-refractivity contribution in [3.05, 3.63) is 77.1 Å². The summed E-state index contributed by atoms with van der Waals surface area (Å²) in [6.45, 7) is 1.92. The number of methoxy groups -OCH3 is 2. The van der Waals surface area contributed by atoms with Gasteiger partial charge in [-0.3, -0.25) is 9.78 Å². The first-order valence-electron chi connectivity index (χ1n) is 11.3. The average Bonchev–Trinajstić information content (AvgIpc) is 3.32. The summed E-state index contributed by atoms with van der Waals surface area (Å²) >= 11 is 7.65. The number of carboxylic acid groups (broad SMARTS) is 1. The lowest BCUT2D eigenvalue weighted by molar-refractivity contribution is -0.136. The van der Waals surface area contributed by atoms with Crippen molar-refractivity contribution in [2.45, 2.75) is 13.3 Å². The number of ether oxygens (including phenoxy) is 2. The number of nitrogens with zero attached hydrogens (tertiary/aromatic N) is 3. The molecule has 0 unspecified atom stereocenters. The van der Waals surface area contributed by atoms with Crippen LogP contribution < -0.4 is 9.47 Å². The van der Waals surface area contributed by atoms with Gasteiger partial charge in [0.05, 0.1) is 36.6 Å². The molecule has 0 amide bonds. The summed E-state index contributed by atoms with van der Waals surface area (Å²) in [4.78, 5) is 25.5. The highest BCUT2D eigenvalue weighted by Gasteiger charge is 2.20. The van der Waals surface area contributed by atoms with Crippen LogP contribution in [0.3, 0.4) is 0 Å². The number of aromatic nitrogens is 3. The minimum absolute atomic E-state index is 0.0846. The number of hydrogen-bond donors (Lipinski definition) is 1. The SMILES string of the molecule is COc1cc(-c2cc(-c3nc4cc(C)c(CC(=O)O)c(-c5ccc(Cl)cc5)c4s3)ccn2)cnc1OC. The molecule has 5 aromatic rings. The second-order valence-electron chi connectivity index (χ2n) is 8.36. The molecule has 0 saturated heterocycles. The van der Waals surface area contributed by atoms with Gasteiger partial charge in [-0.2, -0.15) is 0 Å². The molecule has 7 nitrogen and oxygen atoms in total. The largest absolute Gasteiger partial charge is 0.491 e. The number of benzene rings is 2. The Morgan fingerprint density at radius 3 is 2.49 bits per heavy atom. The van der Waals surface area contributed by atoms with Gasteiger partial charge in [-0.25, -0.2) is 9.97 Å². The number of rotatable bonds is 7. The minimum Gasteiger partial charge on any atom is -0.491 e. The van der Waals surface area contributed by atoms with Gasteiger partial charge < -0.3 is 14.6 Å². The molecule has 0 aliphatic carbocycles. The molecule has 186 valence electrons. The monoisotopic (exact) mass is 531 g/mol. The number of halogens is 1. The van der Waals surface area contributed by atoms with Crippen LogP contribution in [0.5, 0.6) is 11.6 Å². The molecule has 0 atom stereocenters. The van der Waals surface area contributed by atoms with Crippen LogP contribution in [0.15, 0.2) is 60.9 Å². The molecule has 0 saturated carbocycles. The molecule has 2 aromatic carbocycles. The van der Waals surface area contributed by atoms with E-state index in [-0.39, 0.29) is 6.42 Å². The number of hydrogen-bond acceptors (Lipinski definition) is 7. The van der Waals surface area contributed by atoms with E-state index in [2.05, 4.69) is 9.97 Å². The molecule has 3 heterocycles. The van der Waals surface area contributed by atoms with Crippen LogP contribution in [0.4, 0.5) is 0 Å². The van der Waals surface area contributed by atoms with Crippen LogP contribution in [0.1, 0.15) is 11.1 Å². The van der Waals surface area contributed by atoms with Crippen molar-refractivity contribution < 1.29 is 19.4 Å². The molecular formula is C28H22ClN3O4S. The second kappa shape index (κ2) is 10.2. The summed E-state index contributed by atoms with van der Waals surface area (Å²) in [5.74, 6) is 0.0294. The molecule has 0 aliphatic rings. The fourth-order valence-corrected chi connectivity index (χ4v) is 5.51. The lowest BCUT2D eigenvalue weighted by Gasteiger charge is -2.13. The number of carboxylic acids is 1. The lowest BCUT2D eigenvalue weighted by Crippen LogP contribution is -2.04. The number of carbonyl (C=O) groups is 1. The smallest absolute Gasteiger partial charge is 0.307 e. The van der Waals surface area contributed by atoms with Crippen LogP contribution in [-0.4, -0.2) is 40.2 Å². The Balaban J connectivity index is 1.65. The quantitative estimate of drug-likeness (QED) is 0.250. The Kier molecular flexibility index (Phi) is 6.78. The van der Waals surface area contributed by atoms with Gasteiger partial charge in [0, 0.05) is 34.1 Å².